The van der Waals surface area contributed by atoms with Crippen LogP contribution in [-0.2, 0) is 0 Å². The van der Waals surface area contributed by atoms with Gasteiger partial charge >= 0.3 is 0 Å². The van der Waals surface area contributed by atoms with Gasteiger partial charge in [-0.25, -0.2) is 0 Å². The molecule has 0 aromatic heterocycles. The fraction of sp³-hybridized carbons (Fsp3) is 0.625. The van der Waals surface area contributed by atoms with E-state index in [0.717, 1.165) is 12.1 Å². The highest BCUT2D eigenvalue weighted by Crippen LogP contribution is 2.17. The van der Waals surface area contributed by atoms with E-state index >= 15 is 0 Å². The summed E-state index contributed by atoms with van der Waals surface area (Å²) in [6.07, 6.45) is 7.52. The van der Waals surface area contributed by atoms with Crippen LogP contribution in [0.3, 0.4) is 0 Å². The maximum absolute atomic E-state index is 7.46. The minimum atomic E-state index is 0.551. The Morgan fingerprint density at radius 2 is 2.56 bits per heavy atom. The highest BCUT2D eigenvalue weighted by Gasteiger charge is 2.11. The lowest BCUT2D eigenvalue weighted by Gasteiger charge is -2.15. The summed E-state index contributed by atoms with van der Waals surface area (Å²) in [7, 11) is 0. The minimum Gasteiger partial charge on any atom is -0.305 e. The molecule has 0 saturated carbocycles. The van der Waals surface area contributed by atoms with Crippen molar-refractivity contribution in [2.75, 3.05) is 0 Å². The predicted octanol–water partition coefficient (Wildman–Crippen LogP) is 2.38. The zero-order valence-electron chi connectivity index (χ0n) is 5.85. The molecule has 0 amide bonds. The Morgan fingerprint density at radius 1 is 1.78 bits per heavy atom. The molecule has 9 heavy (non-hydrogen) atoms. The highest BCUT2D eigenvalue weighted by molar-refractivity contribution is 5.94. The molecule has 1 nitrogen and oxygen atoms in total. The summed E-state index contributed by atoms with van der Waals surface area (Å²) in [5, 5.41) is 7.46. The molecule has 1 N–H and O–H groups in total. The lowest BCUT2D eigenvalue weighted by molar-refractivity contribution is 0.603. The first-order valence-corrected chi connectivity index (χ1v) is 3.59. The van der Waals surface area contributed by atoms with Gasteiger partial charge in [-0.05, 0) is 25.3 Å². The average Bonchev–Trinajstić information content (AvgIpc) is 1.89. The summed E-state index contributed by atoms with van der Waals surface area (Å²) in [6, 6.07) is 0. The van der Waals surface area contributed by atoms with E-state index in [4.69, 9.17) is 5.41 Å². The van der Waals surface area contributed by atoms with Crippen LogP contribution >= 0.6 is 0 Å². The van der Waals surface area contributed by atoms with E-state index in [2.05, 4.69) is 13.0 Å². The first-order valence-electron chi connectivity index (χ1n) is 3.59. The van der Waals surface area contributed by atoms with E-state index in [-0.39, 0.29) is 0 Å². The lowest BCUT2D eigenvalue weighted by Crippen LogP contribution is -2.12. The largest absolute Gasteiger partial charge is 0.305 e. The summed E-state index contributed by atoms with van der Waals surface area (Å²) >= 11 is 0. The third-order valence-electron chi connectivity index (χ3n) is 1.91. The van der Waals surface area contributed by atoms with Gasteiger partial charge in [-0.2, -0.15) is 0 Å². The van der Waals surface area contributed by atoms with E-state index < -0.39 is 0 Å². The quantitative estimate of drug-likeness (QED) is 0.553. The van der Waals surface area contributed by atoms with Crippen molar-refractivity contribution in [2.45, 2.75) is 26.2 Å². The second-order valence-electron chi connectivity index (χ2n) is 2.54. The molecule has 0 heterocycles. The Labute approximate surface area is 56.3 Å². The van der Waals surface area contributed by atoms with Gasteiger partial charge in [-0.1, -0.05) is 13.0 Å². The molecule has 1 unspecified atom stereocenters. The van der Waals surface area contributed by atoms with Crippen molar-refractivity contribution in [2.24, 2.45) is 5.92 Å². The fourth-order valence-corrected chi connectivity index (χ4v) is 1.22. The first-order chi connectivity index (χ1) is 4.34. The van der Waals surface area contributed by atoms with Gasteiger partial charge in [0.1, 0.15) is 0 Å². The van der Waals surface area contributed by atoms with E-state index in [1.165, 1.54) is 12.8 Å². The van der Waals surface area contributed by atoms with Crippen LogP contribution in [0, 0.1) is 11.3 Å². The monoisotopic (exact) mass is 123 g/mol. The maximum Gasteiger partial charge on any atom is 0.0341 e. The topological polar surface area (TPSA) is 23.9 Å². The van der Waals surface area contributed by atoms with Gasteiger partial charge in [0.25, 0.3) is 0 Å². The molecular weight excluding hydrogens is 110 g/mol. The Balaban J connectivity index is 2.55. The Morgan fingerprint density at radius 3 is 3.00 bits per heavy atom. The van der Waals surface area contributed by atoms with Gasteiger partial charge in [0.2, 0.25) is 0 Å². The Bertz CT molecular complexity index is 136. The predicted molar refractivity (Wildman–Crippen MR) is 39.9 cm³/mol. The number of rotatable bonds is 1. The molecule has 0 radical (unpaired) electrons. The molecule has 0 aliphatic heterocycles. The van der Waals surface area contributed by atoms with E-state index in [9.17, 15) is 0 Å². The first kappa shape index (κ1) is 6.53. The summed E-state index contributed by atoms with van der Waals surface area (Å²) in [5.41, 5.74) is 0.823. The van der Waals surface area contributed by atoms with Crippen molar-refractivity contribution in [3.05, 3.63) is 12.2 Å². The van der Waals surface area contributed by atoms with E-state index in [1.807, 2.05) is 6.08 Å². The molecule has 1 heteroatoms. The number of hydrogen-bond acceptors (Lipinski definition) is 1. The normalized spacial score (nSPS) is 26.8. The van der Waals surface area contributed by atoms with Crippen LogP contribution in [0.25, 0.3) is 0 Å². The van der Waals surface area contributed by atoms with Crippen LogP contribution in [0.15, 0.2) is 12.2 Å². The molecule has 50 valence electrons. The molecule has 1 aliphatic rings. The third kappa shape index (κ3) is 1.41. The van der Waals surface area contributed by atoms with Crippen LogP contribution < -0.4 is 0 Å². The van der Waals surface area contributed by atoms with Crippen LogP contribution in [0.4, 0.5) is 0 Å². The summed E-state index contributed by atoms with van der Waals surface area (Å²) < 4.78 is 0. The summed E-state index contributed by atoms with van der Waals surface area (Å²) in [6.45, 7) is 2.15. The van der Waals surface area contributed by atoms with Gasteiger partial charge in [0.15, 0.2) is 0 Å². The summed E-state index contributed by atoms with van der Waals surface area (Å²) in [5.74, 6) is 0.551. The Hall–Kier alpha value is -0.590. The van der Waals surface area contributed by atoms with Crippen molar-refractivity contribution in [1.82, 2.24) is 0 Å². The van der Waals surface area contributed by atoms with E-state index in [1.54, 1.807) is 0 Å². The maximum atomic E-state index is 7.46. The molecule has 0 spiro atoms. The zero-order valence-corrected chi connectivity index (χ0v) is 5.85. The minimum absolute atomic E-state index is 0.551. The molecule has 1 rings (SSSR count). The number of allylic oxidation sites excluding steroid dienone is 2. The van der Waals surface area contributed by atoms with Crippen molar-refractivity contribution < 1.29 is 0 Å². The lowest BCUT2D eigenvalue weighted by atomic mass is 9.90. The van der Waals surface area contributed by atoms with Gasteiger partial charge < -0.3 is 5.41 Å². The molecule has 0 aromatic rings. The second kappa shape index (κ2) is 2.81. The van der Waals surface area contributed by atoms with Gasteiger partial charge in [0.05, 0.1) is 0 Å². The number of hydrogen-bond donors (Lipinski definition) is 1. The number of nitrogens with one attached hydrogen (secondary N) is 1. The second-order valence-corrected chi connectivity index (χ2v) is 2.54. The van der Waals surface area contributed by atoms with Crippen LogP contribution in [0.5, 0.6) is 0 Å². The van der Waals surface area contributed by atoms with Gasteiger partial charge in [0, 0.05) is 11.6 Å². The van der Waals surface area contributed by atoms with Crippen molar-refractivity contribution in [3.63, 3.8) is 0 Å². The fourth-order valence-electron chi connectivity index (χ4n) is 1.22. The molecule has 0 aromatic carbocycles. The van der Waals surface area contributed by atoms with Gasteiger partial charge in [-0.3, -0.25) is 0 Å². The van der Waals surface area contributed by atoms with Crippen LogP contribution in [0.1, 0.15) is 26.2 Å². The van der Waals surface area contributed by atoms with Crippen molar-refractivity contribution in [1.29, 1.82) is 5.41 Å². The average molecular weight is 123 g/mol. The van der Waals surface area contributed by atoms with Crippen molar-refractivity contribution in [3.8, 4) is 0 Å². The standard InChI is InChI=1S/C8H13N/c1-2-7-5-3-4-6-8(7)9/h4,6-7,9H,2-3,5H2,1H3. The van der Waals surface area contributed by atoms with E-state index in [0.29, 0.717) is 5.92 Å². The summed E-state index contributed by atoms with van der Waals surface area (Å²) in [4.78, 5) is 0. The molecule has 1 atom stereocenters. The molecule has 0 saturated heterocycles. The van der Waals surface area contributed by atoms with Crippen molar-refractivity contribution >= 4 is 5.71 Å². The van der Waals surface area contributed by atoms with Crippen LogP contribution in [-0.4, -0.2) is 5.71 Å². The molecule has 0 bridgehead atoms. The van der Waals surface area contributed by atoms with Gasteiger partial charge in [-0.15, -0.1) is 0 Å². The highest BCUT2D eigenvalue weighted by atomic mass is 14.4. The van der Waals surface area contributed by atoms with Crippen LogP contribution in [0.2, 0.25) is 0 Å². The smallest absolute Gasteiger partial charge is 0.0341 e. The molecule has 1 aliphatic carbocycles. The zero-order chi connectivity index (χ0) is 6.69. The third-order valence-corrected chi connectivity index (χ3v) is 1.91. The SMILES string of the molecule is CCC1CCC=CC1=N. The Kier molecular flexibility index (Phi) is 2.04. The molecule has 0 fully saturated rings. The molecular formula is C8H13N.